The summed E-state index contributed by atoms with van der Waals surface area (Å²) < 4.78 is 37.1. The molecule has 0 atom stereocenters. The van der Waals surface area contributed by atoms with Crippen molar-refractivity contribution >= 4 is 23.1 Å². The van der Waals surface area contributed by atoms with Crippen molar-refractivity contribution in [3.05, 3.63) is 27.4 Å². The van der Waals surface area contributed by atoms with E-state index in [9.17, 15) is 23.3 Å². The lowest BCUT2D eigenvalue weighted by atomic mass is 10.3. The first-order valence-electron chi connectivity index (χ1n) is 4.97. The molecule has 0 aromatic carbocycles. The van der Waals surface area contributed by atoms with Gasteiger partial charge in [-0.05, 0) is 0 Å². The smallest absolute Gasteiger partial charge is 0.395 e. The van der Waals surface area contributed by atoms with Crippen molar-refractivity contribution in [1.82, 2.24) is 4.98 Å². The third-order valence-corrected chi connectivity index (χ3v) is 2.34. The fourth-order valence-corrected chi connectivity index (χ4v) is 1.63. The van der Waals surface area contributed by atoms with Crippen LogP contribution < -0.4 is 4.90 Å². The van der Waals surface area contributed by atoms with Crippen molar-refractivity contribution in [2.75, 3.05) is 24.6 Å². The van der Waals surface area contributed by atoms with Gasteiger partial charge in [-0.1, -0.05) is 11.6 Å². The minimum Gasteiger partial charge on any atom is -0.395 e. The van der Waals surface area contributed by atoms with E-state index in [-0.39, 0.29) is 17.4 Å². The minimum atomic E-state index is -4.51. The van der Waals surface area contributed by atoms with Gasteiger partial charge in [0.25, 0.3) is 5.69 Å². The van der Waals surface area contributed by atoms with Crippen LogP contribution in [0.5, 0.6) is 0 Å². The number of alkyl halides is 3. The molecule has 0 aliphatic heterocycles. The Balaban J connectivity index is 3.06. The van der Waals surface area contributed by atoms with Crippen LogP contribution in [0.4, 0.5) is 24.7 Å². The van der Waals surface area contributed by atoms with Crippen molar-refractivity contribution in [3.63, 3.8) is 0 Å². The van der Waals surface area contributed by atoms with Gasteiger partial charge in [0.05, 0.1) is 16.6 Å². The van der Waals surface area contributed by atoms with E-state index in [1.165, 1.54) is 0 Å². The highest BCUT2D eigenvalue weighted by Gasteiger charge is 2.32. The zero-order valence-corrected chi connectivity index (χ0v) is 10.1. The van der Waals surface area contributed by atoms with Crippen LogP contribution in [-0.4, -0.2) is 40.9 Å². The average molecular weight is 300 g/mol. The lowest BCUT2D eigenvalue weighted by Gasteiger charge is -2.24. The Kier molecular flexibility index (Phi) is 4.90. The number of aliphatic hydroxyl groups excluding tert-OH is 1. The van der Waals surface area contributed by atoms with Crippen LogP contribution in [0.2, 0.25) is 5.02 Å². The molecule has 0 spiro atoms. The van der Waals surface area contributed by atoms with Crippen LogP contribution in [0.25, 0.3) is 0 Å². The molecule has 0 amide bonds. The van der Waals surface area contributed by atoms with Gasteiger partial charge in [0.1, 0.15) is 18.6 Å². The van der Waals surface area contributed by atoms with Crippen LogP contribution in [-0.2, 0) is 0 Å². The van der Waals surface area contributed by atoms with E-state index in [1.807, 2.05) is 0 Å². The summed E-state index contributed by atoms with van der Waals surface area (Å²) in [5.41, 5.74) is -0.426. The summed E-state index contributed by atoms with van der Waals surface area (Å²) in [5.74, 6) is -0.265. The second-order valence-electron chi connectivity index (χ2n) is 3.52. The summed E-state index contributed by atoms with van der Waals surface area (Å²) in [6, 6.07) is 0.907. The summed E-state index contributed by atoms with van der Waals surface area (Å²) in [7, 11) is 0. The van der Waals surface area contributed by atoms with Gasteiger partial charge >= 0.3 is 6.18 Å². The molecule has 0 saturated carbocycles. The topological polar surface area (TPSA) is 79.5 Å². The summed E-state index contributed by atoms with van der Waals surface area (Å²) in [5, 5.41) is 18.9. The predicted molar refractivity (Wildman–Crippen MR) is 61.3 cm³/mol. The van der Waals surface area contributed by atoms with E-state index < -0.39 is 29.9 Å². The second kappa shape index (κ2) is 6.02. The number of nitrogens with zero attached hydrogens (tertiary/aromatic N) is 3. The molecule has 19 heavy (non-hydrogen) atoms. The summed E-state index contributed by atoms with van der Waals surface area (Å²) in [6.07, 6.45) is -3.70. The molecule has 10 heteroatoms. The Labute approximate surface area is 110 Å². The van der Waals surface area contributed by atoms with Crippen molar-refractivity contribution < 1.29 is 23.2 Å². The average Bonchev–Trinajstić information content (AvgIpc) is 2.26. The van der Waals surface area contributed by atoms with E-state index >= 15 is 0 Å². The van der Waals surface area contributed by atoms with E-state index in [2.05, 4.69) is 4.98 Å². The van der Waals surface area contributed by atoms with Gasteiger partial charge < -0.3 is 10.0 Å². The Morgan fingerprint density at radius 1 is 1.53 bits per heavy atom. The van der Waals surface area contributed by atoms with Gasteiger partial charge in [0, 0.05) is 12.6 Å². The highest BCUT2D eigenvalue weighted by molar-refractivity contribution is 6.33. The number of hydrogen-bond acceptors (Lipinski definition) is 5. The van der Waals surface area contributed by atoms with Gasteiger partial charge in [0.2, 0.25) is 0 Å². The van der Waals surface area contributed by atoms with Crippen molar-refractivity contribution in [2.24, 2.45) is 0 Å². The zero-order valence-electron chi connectivity index (χ0n) is 9.39. The quantitative estimate of drug-likeness (QED) is 0.664. The zero-order chi connectivity index (χ0) is 14.6. The molecule has 1 aromatic heterocycles. The molecule has 0 saturated heterocycles. The lowest BCUT2D eigenvalue weighted by molar-refractivity contribution is -0.385. The van der Waals surface area contributed by atoms with Gasteiger partial charge in [0.15, 0.2) is 0 Å². The maximum atomic E-state index is 12.4. The molecule has 1 rings (SSSR count). The number of nitro groups is 1. The molecule has 106 valence electrons. The molecule has 0 aliphatic carbocycles. The largest absolute Gasteiger partial charge is 0.405 e. The Hall–Kier alpha value is -1.61. The first-order valence-corrected chi connectivity index (χ1v) is 5.35. The molecule has 1 heterocycles. The second-order valence-corrected chi connectivity index (χ2v) is 3.92. The van der Waals surface area contributed by atoms with Crippen molar-refractivity contribution in [1.29, 1.82) is 0 Å². The molecule has 0 unspecified atom stereocenters. The summed E-state index contributed by atoms with van der Waals surface area (Å²) in [6.45, 7) is -2.24. The lowest BCUT2D eigenvalue weighted by Crippen LogP contribution is -2.37. The number of aromatic nitrogens is 1. The fourth-order valence-electron chi connectivity index (χ4n) is 1.35. The number of aliphatic hydroxyl groups is 1. The number of halogens is 4. The number of hydrogen-bond donors (Lipinski definition) is 1. The molecule has 0 bridgehead atoms. The molecule has 0 aliphatic rings. The van der Waals surface area contributed by atoms with Crippen molar-refractivity contribution in [2.45, 2.75) is 6.18 Å². The van der Waals surface area contributed by atoms with Gasteiger partial charge in [-0.2, -0.15) is 13.2 Å². The monoisotopic (exact) mass is 299 g/mol. The van der Waals surface area contributed by atoms with E-state index in [0.717, 1.165) is 12.3 Å². The maximum absolute atomic E-state index is 12.4. The molecule has 0 fully saturated rings. The molecular weight excluding hydrogens is 291 g/mol. The Bertz CT molecular complexity index is 470. The number of pyridine rings is 1. The molecular formula is C9H9ClF3N3O3. The van der Waals surface area contributed by atoms with Gasteiger partial charge in [-0.15, -0.1) is 0 Å². The summed E-state index contributed by atoms with van der Waals surface area (Å²) in [4.78, 5) is 13.9. The fraction of sp³-hybridized carbons (Fsp3) is 0.444. The predicted octanol–water partition coefficient (Wildman–Crippen LogP) is 2.00. The molecule has 1 N–H and O–H groups in total. The normalized spacial score (nSPS) is 11.4. The molecule has 0 radical (unpaired) electrons. The van der Waals surface area contributed by atoms with Gasteiger partial charge in [-0.3, -0.25) is 10.1 Å². The van der Waals surface area contributed by atoms with E-state index in [4.69, 9.17) is 16.7 Å². The highest BCUT2D eigenvalue weighted by Crippen LogP contribution is 2.29. The molecule has 1 aromatic rings. The standard InChI is InChI=1S/C9H9ClF3N3O3/c10-7-3-6(16(18)19)4-14-8(7)15(1-2-17)5-9(11,12)13/h3-4,17H,1-2,5H2. The van der Waals surface area contributed by atoms with Crippen LogP contribution in [0.1, 0.15) is 0 Å². The SMILES string of the molecule is O=[N+]([O-])c1cnc(N(CCO)CC(F)(F)F)c(Cl)c1. The minimum absolute atomic E-state index is 0.265. The van der Waals surface area contributed by atoms with Crippen LogP contribution >= 0.6 is 11.6 Å². The maximum Gasteiger partial charge on any atom is 0.405 e. The number of rotatable bonds is 5. The highest BCUT2D eigenvalue weighted by atomic mass is 35.5. The first kappa shape index (κ1) is 15.4. The molecule has 6 nitrogen and oxygen atoms in total. The number of anilines is 1. The third-order valence-electron chi connectivity index (χ3n) is 2.06. The third kappa shape index (κ3) is 4.52. The van der Waals surface area contributed by atoms with Crippen molar-refractivity contribution in [3.8, 4) is 0 Å². The Morgan fingerprint density at radius 3 is 2.58 bits per heavy atom. The van der Waals surface area contributed by atoms with Crippen LogP contribution in [0, 0.1) is 10.1 Å². The van der Waals surface area contributed by atoms with Gasteiger partial charge in [-0.25, -0.2) is 4.98 Å². The van der Waals surface area contributed by atoms with E-state index in [0.29, 0.717) is 4.90 Å². The van der Waals surface area contributed by atoms with E-state index in [1.54, 1.807) is 0 Å². The summed E-state index contributed by atoms with van der Waals surface area (Å²) >= 11 is 5.68. The first-order chi connectivity index (χ1) is 8.74. The Morgan fingerprint density at radius 2 is 2.16 bits per heavy atom. The van der Waals surface area contributed by atoms with Crippen LogP contribution in [0.15, 0.2) is 12.3 Å². The van der Waals surface area contributed by atoms with Crippen LogP contribution in [0.3, 0.4) is 0 Å².